The fourth-order valence-corrected chi connectivity index (χ4v) is 4.32. The molecule has 1 saturated heterocycles. The lowest BCUT2D eigenvalue weighted by Crippen LogP contribution is -2.61. The topological polar surface area (TPSA) is 49.9 Å². The molecular weight excluding hydrogens is 400 g/mol. The number of benzene rings is 3. The molecule has 1 aliphatic heterocycles. The average Bonchev–Trinajstić information content (AvgIpc) is 2.84. The Bertz CT molecular complexity index is 1080. The molecule has 4 rings (SSSR count). The van der Waals surface area contributed by atoms with Crippen LogP contribution in [0, 0.1) is 0 Å². The number of nitrogens with zero attached hydrogens (tertiary/aromatic N) is 2. The van der Waals surface area contributed by atoms with Gasteiger partial charge in [0.25, 0.3) is 11.8 Å². The van der Waals surface area contributed by atoms with Crippen molar-refractivity contribution in [3.63, 3.8) is 0 Å². The molecular formula is C27H28N2O3. The summed E-state index contributed by atoms with van der Waals surface area (Å²) in [4.78, 5) is 29.9. The van der Waals surface area contributed by atoms with Crippen molar-refractivity contribution in [2.24, 2.45) is 0 Å². The van der Waals surface area contributed by atoms with Crippen LogP contribution in [-0.2, 0) is 16.0 Å². The number of hydrogen-bond acceptors (Lipinski definition) is 3. The van der Waals surface area contributed by atoms with Crippen LogP contribution in [0.25, 0.3) is 11.1 Å². The third-order valence-electron chi connectivity index (χ3n) is 5.87. The van der Waals surface area contributed by atoms with E-state index in [4.69, 9.17) is 4.74 Å². The van der Waals surface area contributed by atoms with Crippen molar-refractivity contribution >= 4 is 11.8 Å². The first-order chi connectivity index (χ1) is 15.5. The van der Waals surface area contributed by atoms with E-state index >= 15 is 0 Å². The summed E-state index contributed by atoms with van der Waals surface area (Å²) in [7, 11) is 3.46. The van der Waals surface area contributed by atoms with Crippen LogP contribution >= 0.6 is 0 Å². The molecule has 0 aromatic heterocycles. The highest BCUT2D eigenvalue weighted by molar-refractivity contribution is 5.95. The van der Waals surface area contributed by atoms with Gasteiger partial charge >= 0.3 is 0 Å². The van der Waals surface area contributed by atoms with Crippen molar-refractivity contribution in [1.29, 1.82) is 0 Å². The molecule has 1 atom stereocenters. The fraction of sp³-hybridized carbons (Fsp3) is 0.259. The summed E-state index contributed by atoms with van der Waals surface area (Å²) in [5.41, 5.74) is 2.64. The third-order valence-corrected chi connectivity index (χ3v) is 5.87. The normalized spacial score (nSPS) is 18.2. The molecule has 32 heavy (non-hydrogen) atoms. The third kappa shape index (κ3) is 4.43. The summed E-state index contributed by atoms with van der Waals surface area (Å²) >= 11 is 0. The minimum Gasteiger partial charge on any atom is -0.361 e. The van der Waals surface area contributed by atoms with Crippen LogP contribution in [-0.4, -0.2) is 61.0 Å². The van der Waals surface area contributed by atoms with Gasteiger partial charge in [-0.25, -0.2) is 0 Å². The number of morpholine rings is 1. The Labute approximate surface area is 189 Å². The largest absolute Gasteiger partial charge is 0.361 e. The predicted octanol–water partition coefficient (Wildman–Crippen LogP) is 3.90. The molecule has 0 unspecified atom stereocenters. The van der Waals surface area contributed by atoms with Gasteiger partial charge in [0, 0.05) is 32.6 Å². The van der Waals surface area contributed by atoms with Gasteiger partial charge in [0.2, 0.25) is 0 Å². The Hall–Kier alpha value is -3.44. The molecule has 0 aliphatic carbocycles. The number of ether oxygens (including phenoxy) is 1. The zero-order chi connectivity index (χ0) is 22.6. The van der Waals surface area contributed by atoms with Crippen LogP contribution in [0.3, 0.4) is 0 Å². The van der Waals surface area contributed by atoms with Gasteiger partial charge in [-0.1, -0.05) is 72.8 Å². The molecule has 1 aliphatic rings. The summed E-state index contributed by atoms with van der Waals surface area (Å²) < 4.78 is 6.21. The summed E-state index contributed by atoms with van der Waals surface area (Å²) in [5, 5.41) is 0. The molecule has 3 aromatic carbocycles. The first-order valence-corrected chi connectivity index (χ1v) is 10.8. The number of likely N-dealkylation sites (N-methyl/N-ethyl adjacent to an activating group) is 1. The molecule has 5 heteroatoms. The van der Waals surface area contributed by atoms with E-state index in [2.05, 4.69) is 18.2 Å². The van der Waals surface area contributed by atoms with Crippen LogP contribution in [0.2, 0.25) is 0 Å². The highest BCUT2D eigenvalue weighted by Crippen LogP contribution is 2.31. The standard InChI is InChI=1S/C27H28N2O3/c1-28(2)26(31)27(19-23-15-9-10-16-24(23)21-11-5-3-6-12-21)20-29(17-18-32-27)25(30)22-13-7-4-8-14-22/h3-16H,17-20H2,1-2H3/t27-/m0/s1. The smallest absolute Gasteiger partial charge is 0.256 e. The zero-order valence-corrected chi connectivity index (χ0v) is 18.5. The van der Waals surface area contributed by atoms with E-state index in [0.717, 1.165) is 16.7 Å². The van der Waals surface area contributed by atoms with Crippen molar-refractivity contribution in [3.05, 3.63) is 96.1 Å². The van der Waals surface area contributed by atoms with Crippen molar-refractivity contribution in [1.82, 2.24) is 9.80 Å². The molecule has 0 N–H and O–H groups in total. The van der Waals surface area contributed by atoms with E-state index in [9.17, 15) is 9.59 Å². The SMILES string of the molecule is CN(C)C(=O)[C@]1(Cc2ccccc2-c2ccccc2)CN(C(=O)c2ccccc2)CCO1. The van der Waals surface area contributed by atoms with E-state index in [-0.39, 0.29) is 18.4 Å². The van der Waals surface area contributed by atoms with Gasteiger partial charge in [0.15, 0.2) is 5.60 Å². The Morgan fingerprint density at radius 1 is 0.906 bits per heavy atom. The van der Waals surface area contributed by atoms with Gasteiger partial charge in [-0.15, -0.1) is 0 Å². The lowest BCUT2D eigenvalue weighted by molar-refractivity contribution is -0.165. The number of rotatable bonds is 5. The minimum atomic E-state index is -1.14. The van der Waals surface area contributed by atoms with Gasteiger partial charge in [-0.2, -0.15) is 0 Å². The zero-order valence-electron chi connectivity index (χ0n) is 18.5. The highest BCUT2D eigenvalue weighted by Gasteiger charge is 2.46. The molecule has 1 heterocycles. The van der Waals surface area contributed by atoms with Crippen LogP contribution in [0.15, 0.2) is 84.9 Å². The molecule has 5 nitrogen and oxygen atoms in total. The first-order valence-electron chi connectivity index (χ1n) is 10.8. The second kappa shape index (κ2) is 9.37. The predicted molar refractivity (Wildman–Crippen MR) is 125 cm³/mol. The monoisotopic (exact) mass is 428 g/mol. The molecule has 0 saturated carbocycles. The molecule has 0 bridgehead atoms. The maximum atomic E-state index is 13.4. The highest BCUT2D eigenvalue weighted by atomic mass is 16.5. The van der Waals surface area contributed by atoms with Crippen molar-refractivity contribution in [3.8, 4) is 11.1 Å². The maximum Gasteiger partial charge on any atom is 0.256 e. The Morgan fingerprint density at radius 2 is 1.53 bits per heavy atom. The molecule has 0 radical (unpaired) electrons. The van der Waals surface area contributed by atoms with E-state index in [1.807, 2.05) is 54.6 Å². The van der Waals surface area contributed by atoms with Gasteiger partial charge in [-0.3, -0.25) is 9.59 Å². The van der Waals surface area contributed by atoms with Gasteiger partial charge in [0.1, 0.15) is 0 Å². The van der Waals surface area contributed by atoms with Crippen LogP contribution in [0.4, 0.5) is 0 Å². The molecule has 0 spiro atoms. The van der Waals surface area contributed by atoms with Gasteiger partial charge < -0.3 is 14.5 Å². The van der Waals surface area contributed by atoms with Crippen molar-refractivity contribution in [2.75, 3.05) is 33.8 Å². The van der Waals surface area contributed by atoms with Crippen LogP contribution in [0.1, 0.15) is 15.9 Å². The lowest BCUT2D eigenvalue weighted by Gasteiger charge is -2.43. The number of amides is 2. The molecule has 164 valence electrons. The first kappa shape index (κ1) is 21.8. The number of carbonyl (C=O) groups is 2. The Balaban J connectivity index is 1.70. The Kier molecular flexibility index (Phi) is 6.37. The summed E-state index contributed by atoms with van der Waals surface area (Å²) in [5.74, 6) is -0.216. The second-order valence-electron chi connectivity index (χ2n) is 8.34. The summed E-state index contributed by atoms with van der Waals surface area (Å²) in [6, 6.07) is 27.4. The second-order valence-corrected chi connectivity index (χ2v) is 8.34. The minimum absolute atomic E-state index is 0.0822. The summed E-state index contributed by atoms with van der Waals surface area (Å²) in [6.07, 6.45) is 0.383. The Morgan fingerprint density at radius 3 is 2.22 bits per heavy atom. The van der Waals surface area contributed by atoms with Crippen molar-refractivity contribution in [2.45, 2.75) is 12.0 Å². The van der Waals surface area contributed by atoms with Gasteiger partial charge in [0.05, 0.1) is 13.2 Å². The average molecular weight is 429 g/mol. The quantitative estimate of drug-likeness (QED) is 0.619. The molecule has 1 fully saturated rings. The van der Waals surface area contributed by atoms with Gasteiger partial charge in [-0.05, 0) is 28.8 Å². The van der Waals surface area contributed by atoms with Crippen LogP contribution < -0.4 is 0 Å². The van der Waals surface area contributed by atoms with Crippen LogP contribution in [0.5, 0.6) is 0 Å². The van der Waals surface area contributed by atoms with Crippen molar-refractivity contribution < 1.29 is 14.3 Å². The number of carbonyl (C=O) groups excluding carboxylic acids is 2. The number of hydrogen-bond donors (Lipinski definition) is 0. The van der Waals surface area contributed by atoms with E-state index in [1.165, 1.54) is 0 Å². The maximum absolute atomic E-state index is 13.4. The summed E-state index contributed by atoms with van der Waals surface area (Å²) in [6.45, 7) is 0.975. The van der Waals surface area contributed by atoms with E-state index in [1.54, 1.807) is 36.0 Å². The fourth-order valence-electron chi connectivity index (χ4n) is 4.32. The lowest BCUT2D eigenvalue weighted by atomic mass is 9.87. The van der Waals surface area contributed by atoms with E-state index in [0.29, 0.717) is 25.1 Å². The molecule has 2 amide bonds. The van der Waals surface area contributed by atoms with E-state index < -0.39 is 5.60 Å². The molecule has 3 aromatic rings.